The molecule has 0 N–H and O–H groups in total. The van der Waals surface area contributed by atoms with E-state index in [0.29, 0.717) is 11.0 Å². The van der Waals surface area contributed by atoms with Crippen LogP contribution in [0.3, 0.4) is 0 Å². The van der Waals surface area contributed by atoms with Crippen LogP contribution in [0.2, 0.25) is 0 Å². The molecule has 0 unspecified atom stereocenters. The molecular formula is C5H11NNaOS2. The van der Waals surface area contributed by atoms with E-state index in [4.69, 9.17) is 4.74 Å². The minimum absolute atomic E-state index is 0. The molecule has 0 saturated heterocycles. The van der Waals surface area contributed by atoms with Crippen LogP contribution in [0.1, 0.15) is 0 Å². The molecule has 0 fully saturated rings. The molecule has 0 aliphatic rings. The zero-order valence-corrected chi connectivity index (χ0v) is 10.3. The van der Waals surface area contributed by atoms with E-state index < -0.39 is 0 Å². The standard InChI is InChI=1S/C5H11NOS2.Na/c1-6(2)3-4-7-5(8)9;/h3-4H2,1-2H3,(H,8,9);. The van der Waals surface area contributed by atoms with Crippen molar-refractivity contribution in [1.82, 2.24) is 4.90 Å². The van der Waals surface area contributed by atoms with Crippen molar-refractivity contribution in [2.24, 2.45) is 0 Å². The topological polar surface area (TPSA) is 12.5 Å². The first-order chi connectivity index (χ1) is 4.13. The molecule has 0 aliphatic heterocycles. The number of rotatable bonds is 3. The van der Waals surface area contributed by atoms with Crippen LogP contribution >= 0.6 is 24.8 Å². The van der Waals surface area contributed by atoms with E-state index in [1.807, 2.05) is 19.0 Å². The molecular weight excluding hydrogens is 177 g/mol. The number of thiol groups is 1. The van der Waals surface area contributed by atoms with E-state index in [-0.39, 0.29) is 29.6 Å². The fourth-order valence-electron chi connectivity index (χ4n) is 0.316. The van der Waals surface area contributed by atoms with E-state index in [1.165, 1.54) is 0 Å². The van der Waals surface area contributed by atoms with Crippen LogP contribution in [-0.4, -0.2) is 66.1 Å². The van der Waals surface area contributed by atoms with Crippen molar-refractivity contribution in [3.05, 3.63) is 0 Å². The molecule has 0 rings (SSSR count). The van der Waals surface area contributed by atoms with Crippen molar-refractivity contribution < 1.29 is 4.74 Å². The Bertz CT molecular complexity index is 99.6. The van der Waals surface area contributed by atoms with Gasteiger partial charge >= 0.3 is 0 Å². The SMILES string of the molecule is CN(C)CCOC(=S)S.[Na]. The third-order valence-corrected chi connectivity index (χ3v) is 1.01. The third-order valence-electron chi connectivity index (χ3n) is 0.764. The van der Waals surface area contributed by atoms with E-state index in [2.05, 4.69) is 24.8 Å². The van der Waals surface area contributed by atoms with Crippen LogP contribution in [0.25, 0.3) is 0 Å². The summed E-state index contributed by atoms with van der Waals surface area (Å²) in [5, 5.41) is 0. The van der Waals surface area contributed by atoms with Gasteiger partial charge < -0.3 is 9.64 Å². The van der Waals surface area contributed by atoms with Crippen LogP contribution < -0.4 is 0 Å². The van der Waals surface area contributed by atoms with Crippen LogP contribution in [0.4, 0.5) is 0 Å². The quantitative estimate of drug-likeness (QED) is 0.391. The number of thiocarbonyl (C=S) groups is 1. The van der Waals surface area contributed by atoms with Crippen molar-refractivity contribution in [1.29, 1.82) is 0 Å². The van der Waals surface area contributed by atoms with Gasteiger partial charge in [0.1, 0.15) is 6.61 Å². The Morgan fingerprint density at radius 3 is 2.40 bits per heavy atom. The minimum atomic E-state index is 0. The summed E-state index contributed by atoms with van der Waals surface area (Å²) < 4.78 is 5.22. The van der Waals surface area contributed by atoms with Gasteiger partial charge in [-0.1, -0.05) is 12.6 Å². The normalized spacial score (nSPS) is 8.80. The summed E-state index contributed by atoms with van der Waals surface area (Å²) >= 11 is 8.36. The van der Waals surface area contributed by atoms with Gasteiger partial charge in [0, 0.05) is 36.1 Å². The van der Waals surface area contributed by atoms with E-state index in [1.54, 1.807) is 0 Å². The van der Waals surface area contributed by atoms with E-state index in [0.717, 1.165) is 6.54 Å². The van der Waals surface area contributed by atoms with Crippen molar-refractivity contribution in [2.45, 2.75) is 0 Å². The molecule has 0 spiro atoms. The van der Waals surface area contributed by atoms with Gasteiger partial charge in [0.2, 0.25) is 4.38 Å². The van der Waals surface area contributed by atoms with Crippen LogP contribution in [0.15, 0.2) is 0 Å². The summed E-state index contributed by atoms with van der Waals surface area (Å²) in [6.07, 6.45) is 0. The summed E-state index contributed by atoms with van der Waals surface area (Å²) in [5.41, 5.74) is 0. The maximum absolute atomic E-state index is 4.91. The Kier molecular flexibility index (Phi) is 11.4. The number of likely N-dealkylation sites (N-methyl/N-ethyl adjacent to an activating group) is 1. The maximum atomic E-state index is 4.91. The summed E-state index contributed by atoms with van der Waals surface area (Å²) in [5.74, 6) is 0. The fourth-order valence-corrected chi connectivity index (χ4v) is 0.490. The second-order valence-electron chi connectivity index (χ2n) is 1.92. The average molecular weight is 188 g/mol. The van der Waals surface area contributed by atoms with Crippen molar-refractivity contribution in [3.8, 4) is 0 Å². The van der Waals surface area contributed by atoms with Gasteiger partial charge in [-0.25, -0.2) is 0 Å². The fraction of sp³-hybridized carbons (Fsp3) is 0.800. The summed E-state index contributed by atoms with van der Waals surface area (Å²) in [6, 6.07) is 0. The number of hydrogen-bond acceptors (Lipinski definition) is 3. The van der Waals surface area contributed by atoms with Crippen LogP contribution in [0.5, 0.6) is 0 Å². The van der Waals surface area contributed by atoms with E-state index in [9.17, 15) is 0 Å². The third kappa shape index (κ3) is 11.9. The Morgan fingerprint density at radius 1 is 1.60 bits per heavy atom. The molecule has 5 heteroatoms. The van der Waals surface area contributed by atoms with Crippen molar-refractivity contribution in [3.63, 3.8) is 0 Å². The molecule has 0 bridgehead atoms. The Hall–Kier alpha value is 1.20. The maximum Gasteiger partial charge on any atom is 0.216 e. The van der Waals surface area contributed by atoms with Gasteiger partial charge in [0.25, 0.3) is 0 Å². The number of hydrogen-bond donors (Lipinski definition) is 1. The average Bonchev–Trinajstić information content (AvgIpc) is 1.63. The Labute approximate surface area is 95.0 Å². The molecule has 0 atom stereocenters. The first-order valence-electron chi connectivity index (χ1n) is 2.63. The molecule has 0 amide bonds. The van der Waals surface area contributed by atoms with Gasteiger partial charge in [0.05, 0.1) is 0 Å². The molecule has 0 saturated carbocycles. The summed E-state index contributed by atoms with van der Waals surface area (Å²) in [6.45, 7) is 1.50. The Balaban J connectivity index is 0. The second-order valence-corrected chi connectivity index (χ2v) is 3.00. The minimum Gasteiger partial charge on any atom is -0.477 e. The van der Waals surface area contributed by atoms with Gasteiger partial charge in [-0.05, 0) is 26.3 Å². The second kappa shape index (κ2) is 8.30. The predicted octanol–water partition coefficient (Wildman–Crippen LogP) is 0.398. The zero-order valence-electron chi connectivity index (χ0n) is 6.63. The summed E-state index contributed by atoms with van der Waals surface area (Å²) in [4.78, 5) is 2.02. The molecule has 10 heavy (non-hydrogen) atoms. The van der Waals surface area contributed by atoms with Gasteiger partial charge in [-0.2, -0.15) is 0 Å². The summed E-state index contributed by atoms with van der Waals surface area (Å²) in [7, 11) is 3.95. The number of nitrogens with zero attached hydrogens (tertiary/aromatic N) is 1. The molecule has 55 valence electrons. The molecule has 0 aromatic heterocycles. The van der Waals surface area contributed by atoms with E-state index >= 15 is 0 Å². The first kappa shape index (κ1) is 13.8. The zero-order chi connectivity index (χ0) is 7.28. The van der Waals surface area contributed by atoms with Crippen LogP contribution in [-0.2, 0) is 4.74 Å². The molecule has 1 radical (unpaired) electrons. The van der Waals surface area contributed by atoms with Gasteiger partial charge in [0.15, 0.2) is 0 Å². The van der Waals surface area contributed by atoms with Gasteiger partial charge in [-0.15, -0.1) is 0 Å². The first-order valence-corrected chi connectivity index (χ1v) is 3.49. The van der Waals surface area contributed by atoms with Crippen molar-refractivity contribution in [2.75, 3.05) is 27.2 Å². The van der Waals surface area contributed by atoms with Gasteiger partial charge in [-0.3, -0.25) is 0 Å². The molecule has 0 aromatic carbocycles. The van der Waals surface area contributed by atoms with Crippen molar-refractivity contribution >= 4 is 58.8 Å². The monoisotopic (exact) mass is 188 g/mol. The van der Waals surface area contributed by atoms with Crippen LogP contribution in [0, 0.1) is 0 Å². The smallest absolute Gasteiger partial charge is 0.216 e. The molecule has 0 aliphatic carbocycles. The predicted molar refractivity (Wildman–Crippen MR) is 51.8 cm³/mol. The molecule has 2 nitrogen and oxygen atoms in total. The largest absolute Gasteiger partial charge is 0.477 e. The Morgan fingerprint density at radius 2 is 2.10 bits per heavy atom. The molecule has 0 aromatic rings. The molecule has 0 heterocycles. The number of ether oxygens (including phenoxy) is 1.